The normalized spacial score (nSPS) is 12.5. The smallest absolute Gasteiger partial charge is 0.332 e. The minimum atomic E-state index is -1.02. The predicted octanol–water partition coefficient (Wildman–Crippen LogP) is 1.79. The lowest BCUT2D eigenvalue weighted by atomic mass is 10.3. The molecule has 0 bridgehead atoms. The van der Waals surface area contributed by atoms with E-state index in [4.69, 9.17) is 14.4 Å². The van der Waals surface area contributed by atoms with Crippen molar-refractivity contribution < 1.29 is 19.2 Å². The summed E-state index contributed by atoms with van der Waals surface area (Å²) in [5.41, 5.74) is 0.847. The van der Waals surface area contributed by atoms with Crippen LogP contribution in [0.3, 0.4) is 0 Å². The van der Waals surface area contributed by atoms with Crippen molar-refractivity contribution in [3.8, 4) is 11.5 Å². The minimum absolute atomic E-state index is 0.0150. The van der Waals surface area contributed by atoms with Crippen LogP contribution in [0.5, 0.6) is 0 Å². The number of rotatable bonds is 5. The highest BCUT2D eigenvalue weighted by Gasteiger charge is 2.14. The van der Waals surface area contributed by atoms with Crippen molar-refractivity contribution in [3.05, 3.63) is 22.7 Å². The van der Waals surface area contributed by atoms with Gasteiger partial charge in [-0.2, -0.15) is 16.3 Å². The first-order valence-electron chi connectivity index (χ1n) is 4.86. The summed E-state index contributed by atoms with van der Waals surface area (Å²) in [6.07, 6.45) is -0.891. The first-order chi connectivity index (χ1) is 8.16. The standard InChI is InChI=1S/C10H10N2O4S/c1-6(10(13)14)15-4-8-11-9(16-12-8)7-2-3-17-5-7/h2-3,5-6H,4H2,1H3,(H,13,14). The van der Waals surface area contributed by atoms with E-state index in [1.54, 1.807) is 0 Å². The predicted molar refractivity (Wildman–Crippen MR) is 59.5 cm³/mol. The number of thiophene rings is 1. The second kappa shape index (κ2) is 5.07. The van der Waals surface area contributed by atoms with Crippen LogP contribution in [0.2, 0.25) is 0 Å². The zero-order valence-corrected chi connectivity index (χ0v) is 9.81. The topological polar surface area (TPSA) is 85.5 Å². The Labute approximate surface area is 101 Å². The van der Waals surface area contributed by atoms with Crippen LogP contribution in [0.15, 0.2) is 21.3 Å². The lowest BCUT2D eigenvalue weighted by molar-refractivity contribution is -0.150. The number of hydrogen-bond donors (Lipinski definition) is 1. The number of aliphatic carboxylic acids is 1. The van der Waals surface area contributed by atoms with Crippen LogP contribution in [0.1, 0.15) is 12.7 Å². The molecule has 0 spiro atoms. The molecular formula is C10H10N2O4S. The van der Waals surface area contributed by atoms with E-state index >= 15 is 0 Å². The lowest BCUT2D eigenvalue weighted by Gasteiger charge is -2.04. The number of ether oxygens (including phenoxy) is 1. The van der Waals surface area contributed by atoms with Crippen molar-refractivity contribution in [1.82, 2.24) is 10.1 Å². The van der Waals surface area contributed by atoms with E-state index < -0.39 is 12.1 Å². The molecule has 0 saturated carbocycles. The fraction of sp³-hybridized carbons (Fsp3) is 0.300. The van der Waals surface area contributed by atoms with E-state index in [-0.39, 0.29) is 6.61 Å². The van der Waals surface area contributed by atoms with E-state index in [0.29, 0.717) is 11.7 Å². The number of carboxylic acid groups (broad SMARTS) is 1. The van der Waals surface area contributed by atoms with Crippen molar-refractivity contribution in [3.63, 3.8) is 0 Å². The Hall–Kier alpha value is -1.73. The number of aromatic nitrogens is 2. The van der Waals surface area contributed by atoms with Crippen LogP contribution in [0.4, 0.5) is 0 Å². The second-order valence-corrected chi connectivity index (χ2v) is 4.10. The molecule has 0 amide bonds. The van der Waals surface area contributed by atoms with E-state index in [9.17, 15) is 4.79 Å². The fourth-order valence-corrected chi connectivity index (χ4v) is 1.72. The molecule has 7 heteroatoms. The minimum Gasteiger partial charge on any atom is -0.479 e. The quantitative estimate of drug-likeness (QED) is 0.875. The molecule has 1 atom stereocenters. The molecule has 1 N–H and O–H groups in total. The van der Waals surface area contributed by atoms with E-state index in [1.165, 1.54) is 18.3 Å². The summed E-state index contributed by atoms with van der Waals surface area (Å²) in [5, 5.41) is 16.1. The maximum atomic E-state index is 10.5. The summed E-state index contributed by atoms with van der Waals surface area (Å²) < 4.78 is 10.1. The van der Waals surface area contributed by atoms with Gasteiger partial charge >= 0.3 is 5.97 Å². The maximum Gasteiger partial charge on any atom is 0.332 e. The first kappa shape index (κ1) is 11.7. The van der Waals surface area contributed by atoms with Gasteiger partial charge in [0.05, 0.1) is 5.56 Å². The Balaban J connectivity index is 1.97. The molecule has 2 aromatic heterocycles. The SMILES string of the molecule is CC(OCc1noc(-c2ccsc2)n1)C(=O)O. The third-order valence-corrected chi connectivity index (χ3v) is 2.73. The average Bonchev–Trinajstić information content (AvgIpc) is 2.95. The molecule has 0 aromatic carbocycles. The molecule has 0 aliphatic carbocycles. The molecule has 2 rings (SSSR count). The molecule has 1 unspecified atom stereocenters. The van der Waals surface area contributed by atoms with Gasteiger partial charge in [-0.3, -0.25) is 0 Å². The van der Waals surface area contributed by atoms with Crippen molar-refractivity contribution in [1.29, 1.82) is 0 Å². The van der Waals surface area contributed by atoms with E-state index in [2.05, 4.69) is 10.1 Å². The summed E-state index contributed by atoms with van der Waals surface area (Å²) >= 11 is 1.53. The summed E-state index contributed by atoms with van der Waals surface area (Å²) in [5.74, 6) is -0.279. The Bertz CT molecular complexity index is 494. The zero-order valence-electron chi connectivity index (χ0n) is 8.99. The van der Waals surface area contributed by atoms with Crippen LogP contribution in [-0.2, 0) is 16.1 Å². The van der Waals surface area contributed by atoms with Crippen molar-refractivity contribution >= 4 is 17.3 Å². The first-order valence-corrected chi connectivity index (χ1v) is 5.80. The van der Waals surface area contributed by atoms with Gasteiger partial charge in [-0.25, -0.2) is 4.79 Å². The highest BCUT2D eigenvalue weighted by molar-refractivity contribution is 7.08. The molecule has 0 saturated heterocycles. The van der Waals surface area contributed by atoms with Crippen molar-refractivity contribution in [2.24, 2.45) is 0 Å². The van der Waals surface area contributed by atoms with Gasteiger partial charge in [0, 0.05) is 5.38 Å². The summed E-state index contributed by atoms with van der Waals surface area (Å²) in [4.78, 5) is 14.6. The number of carboxylic acids is 1. The fourth-order valence-electron chi connectivity index (χ4n) is 1.09. The summed E-state index contributed by atoms with van der Waals surface area (Å²) in [7, 11) is 0. The van der Waals surface area contributed by atoms with Gasteiger partial charge < -0.3 is 14.4 Å². The van der Waals surface area contributed by atoms with Gasteiger partial charge in [0.15, 0.2) is 11.9 Å². The summed E-state index contributed by atoms with van der Waals surface area (Å²) in [6.45, 7) is 1.46. The van der Waals surface area contributed by atoms with Gasteiger partial charge in [-0.1, -0.05) is 5.16 Å². The van der Waals surface area contributed by atoms with Gasteiger partial charge in [-0.15, -0.1) is 0 Å². The molecule has 2 aromatic rings. The van der Waals surface area contributed by atoms with Gasteiger partial charge in [-0.05, 0) is 18.4 Å². The van der Waals surface area contributed by atoms with E-state index in [1.807, 2.05) is 16.8 Å². The molecule has 0 aliphatic rings. The van der Waals surface area contributed by atoms with Crippen LogP contribution >= 0.6 is 11.3 Å². The third-order valence-electron chi connectivity index (χ3n) is 2.05. The Morgan fingerprint density at radius 2 is 2.53 bits per heavy atom. The van der Waals surface area contributed by atoms with Crippen LogP contribution in [-0.4, -0.2) is 27.3 Å². The number of nitrogens with zero attached hydrogens (tertiary/aromatic N) is 2. The molecule has 2 heterocycles. The van der Waals surface area contributed by atoms with Gasteiger partial charge in [0.2, 0.25) is 0 Å². The third kappa shape index (κ3) is 2.89. The molecule has 6 nitrogen and oxygen atoms in total. The Morgan fingerprint density at radius 1 is 1.71 bits per heavy atom. The maximum absolute atomic E-state index is 10.5. The van der Waals surface area contributed by atoms with Gasteiger partial charge in [0.1, 0.15) is 6.61 Å². The summed E-state index contributed by atoms with van der Waals surface area (Å²) in [6, 6.07) is 1.86. The van der Waals surface area contributed by atoms with Crippen LogP contribution < -0.4 is 0 Å². The molecular weight excluding hydrogens is 244 g/mol. The lowest BCUT2D eigenvalue weighted by Crippen LogP contribution is -2.19. The van der Waals surface area contributed by atoms with Gasteiger partial charge in [0.25, 0.3) is 5.89 Å². The number of carbonyl (C=O) groups is 1. The van der Waals surface area contributed by atoms with E-state index in [0.717, 1.165) is 5.56 Å². The molecule has 90 valence electrons. The molecule has 0 radical (unpaired) electrons. The highest BCUT2D eigenvalue weighted by atomic mass is 32.1. The Morgan fingerprint density at radius 3 is 3.18 bits per heavy atom. The second-order valence-electron chi connectivity index (χ2n) is 3.32. The van der Waals surface area contributed by atoms with Crippen LogP contribution in [0, 0.1) is 0 Å². The average molecular weight is 254 g/mol. The number of hydrogen-bond acceptors (Lipinski definition) is 6. The van der Waals surface area contributed by atoms with Crippen molar-refractivity contribution in [2.45, 2.75) is 19.6 Å². The molecule has 0 fully saturated rings. The van der Waals surface area contributed by atoms with Crippen molar-refractivity contribution in [2.75, 3.05) is 0 Å². The Kier molecular flexibility index (Phi) is 3.50. The van der Waals surface area contributed by atoms with Crippen LogP contribution in [0.25, 0.3) is 11.5 Å². The largest absolute Gasteiger partial charge is 0.479 e. The zero-order chi connectivity index (χ0) is 12.3. The highest BCUT2D eigenvalue weighted by Crippen LogP contribution is 2.19. The molecule has 17 heavy (non-hydrogen) atoms. The molecule has 0 aliphatic heterocycles. The monoisotopic (exact) mass is 254 g/mol.